The van der Waals surface area contributed by atoms with Crippen LogP contribution in [0, 0.1) is 5.92 Å². The van der Waals surface area contributed by atoms with Gasteiger partial charge in [-0.3, -0.25) is 0 Å². The lowest BCUT2D eigenvalue weighted by molar-refractivity contribution is 0.613. The summed E-state index contributed by atoms with van der Waals surface area (Å²) in [6.45, 7) is 10.9. The van der Waals surface area contributed by atoms with Gasteiger partial charge in [0.1, 0.15) is 0 Å². The highest BCUT2D eigenvalue weighted by molar-refractivity contribution is 6.29. The smallest absolute Gasteiger partial charge is 0.0313 e. The quantitative estimate of drug-likeness (QED) is 0.796. The average Bonchev–Trinajstić information content (AvgIpc) is 2.26. The van der Waals surface area contributed by atoms with Crippen LogP contribution in [-0.4, -0.2) is 6.54 Å². The third kappa shape index (κ3) is 5.38. The molecule has 0 aliphatic rings. The highest BCUT2D eigenvalue weighted by Gasteiger charge is 2.05. The minimum atomic E-state index is 0.304. The molecule has 0 aromatic heterocycles. The molecule has 0 saturated heterocycles. The van der Waals surface area contributed by atoms with Gasteiger partial charge in [-0.2, -0.15) is 0 Å². The molecule has 0 aliphatic carbocycles. The maximum atomic E-state index is 5.73. The second-order valence-corrected chi connectivity index (χ2v) is 5.49. The zero-order valence-corrected chi connectivity index (χ0v) is 11.7. The minimum absolute atomic E-state index is 0.304. The average molecular weight is 252 g/mol. The van der Waals surface area contributed by atoms with Crippen molar-refractivity contribution in [3.63, 3.8) is 0 Å². The summed E-state index contributed by atoms with van der Waals surface area (Å²) in [5, 5.41) is 3.97. The highest BCUT2D eigenvalue weighted by atomic mass is 35.5. The molecule has 1 atom stereocenters. The summed E-state index contributed by atoms with van der Waals surface area (Å²) in [6.07, 6.45) is 1.14. The molecule has 17 heavy (non-hydrogen) atoms. The molecule has 0 spiro atoms. The van der Waals surface area contributed by atoms with E-state index in [9.17, 15) is 0 Å². The van der Waals surface area contributed by atoms with Crippen LogP contribution in [0.4, 0.5) is 0 Å². The van der Waals surface area contributed by atoms with Crippen LogP contribution in [0.15, 0.2) is 35.9 Å². The molecule has 2 heteroatoms. The molecule has 0 bridgehead atoms. The highest BCUT2D eigenvalue weighted by Crippen LogP contribution is 2.15. The van der Waals surface area contributed by atoms with E-state index in [4.69, 9.17) is 11.6 Å². The lowest BCUT2D eigenvalue weighted by Gasteiger charge is -2.14. The first-order valence-corrected chi connectivity index (χ1v) is 6.52. The first-order valence-electron chi connectivity index (χ1n) is 6.14. The fourth-order valence-corrected chi connectivity index (χ4v) is 1.87. The van der Waals surface area contributed by atoms with Crippen LogP contribution in [0.2, 0.25) is 0 Å². The van der Waals surface area contributed by atoms with Gasteiger partial charge >= 0.3 is 0 Å². The fraction of sp³-hybridized carbons (Fsp3) is 0.467. The van der Waals surface area contributed by atoms with Gasteiger partial charge < -0.3 is 5.32 Å². The van der Waals surface area contributed by atoms with Crippen LogP contribution in [0.3, 0.4) is 0 Å². The monoisotopic (exact) mass is 251 g/mol. The van der Waals surface area contributed by atoms with Crippen molar-refractivity contribution in [3.05, 3.63) is 47.0 Å². The van der Waals surface area contributed by atoms with Crippen LogP contribution >= 0.6 is 11.6 Å². The van der Waals surface area contributed by atoms with Gasteiger partial charge in [-0.1, -0.05) is 56.3 Å². The van der Waals surface area contributed by atoms with E-state index < -0.39 is 0 Å². The fourth-order valence-electron chi connectivity index (χ4n) is 1.80. The van der Waals surface area contributed by atoms with E-state index in [1.54, 1.807) is 0 Å². The number of hydrogen-bond donors (Lipinski definition) is 1. The van der Waals surface area contributed by atoms with E-state index >= 15 is 0 Å². The van der Waals surface area contributed by atoms with E-state index in [1.165, 1.54) is 11.1 Å². The Balaban J connectivity index is 2.57. The normalized spacial score (nSPS) is 12.8. The number of benzene rings is 1. The molecule has 0 amide bonds. The van der Waals surface area contributed by atoms with E-state index in [1.807, 2.05) is 0 Å². The summed E-state index contributed by atoms with van der Waals surface area (Å²) in [5.74, 6) is 0.705. The summed E-state index contributed by atoms with van der Waals surface area (Å²) >= 11 is 5.73. The molecule has 0 saturated carbocycles. The molecule has 0 heterocycles. The van der Waals surface area contributed by atoms with Crippen molar-refractivity contribution in [2.75, 3.05) is 6.54 Å². The number of halogens is 1. The van der Waals surface area contributed by atoms with Gasteiger partial charge in [-0.05, 0) is 30.4 Å². The third-order valence-corrected chi connectivity index (χ3v) is 2.86. The van der Waals surface area contributed by atoms with Crippen LogP contribution in [0.5, 0.6) is 0 Å². The summed E-state index contributed by atoms with van der Waals surface area (Å²) in [7, 11) is 0. The standard InChI is InChI=1S/C15H22ClN/c1-11(2)9-14-5-7-15(8-6-14)13(4)17-10-12(3)16/h5-8,11,13,17H,3,9-10H2,1-2,4H3. The van der Waals surface area contributed by atoms with E-state index in [0.717, 1.165) is 6.42 Å². The zero-order valence-electron chi connectivity index (χ0n) is 11.0. The summed E-state index contributed by atoms with van der Waals surface area (Å²) in [6, 6.07) is 9.10. The third-order valence-electron chi connectivity index (χ3n) is 2.72. The molecule has 0 fully saturated rings. The van der Waals surface area contributed by atoms with Crippen molar-refractivity contribution in [2.45, 2.75) is 33.2 Å². The van der Waals surface area contributed by atoms with Crippen molar-refractivity contribution >= 4 is 11.6 Å². The van der Waals surface area contributed by atoms with Gasteiger partial charge in [-0.15, -0.1) is 0 Å². The van der Waals surface area contributed by atoms with Crippen LogP contribution in [0.25, 0.3) is 0 Å². The second kappa shape index (κ2) is 6.83. The molecule has 1 unspecified atom stereocenters. The van der Waals surface area contributed by atoms with Gasteiger partial charge in [-0.25, -0.2) is 0 Å². The Morgan fingerprint density at radius 3 is 2.29 bits per heavy atom. The first kappa shape index (κ1) is 14.3. The van der Waals surface area contributed by atoms with Gasteiger partial charge in [0.15, 0.2) is 0 Å². The molecule has 1 nitrogen and oxygen atoms in total. The molecule has 94 valence electrons. The largest absolute Gasteiger partial charge is 0.305 e. The van der Waals surface area contributed by atoms with Gasteiger partial charge in [0.2, 0.25) is 0 Å². The van der Waals surface area contributed by atoms with E-state index in [0.29, 0.717) is 23.5 Å². The molecule has 0 radical (unpaired) electrons. The Bertz CT molecular complexity index is 354. The molecular weight excluding hydrogens is 230 g/mol. The first-order chi connectivity index (χ1) is 7.99. The van der Waals surface area contributed by atoms with Crippen LogP contribution in [0.1, 0.15) is 37.9 Å². The predicted octanol–water partition coefficient (Wildman–Crippen LogP) is 4.29. The summed E-state index contributed by atoms with van der Waals surface area (Å²) < 4.78 is 0. The minimum Gasteiger partial charge on any atom is -0.305 e. The second-order valence-electron chi connectivity index (χ2n) is 4.96. The molecule has 1 aromatic carbocycles. The molecule has 1 rings (SSSR count). The molecule has 0 aliphatic heterocycles. The number of hydrogen-bond acceptors (Lipinski definition) is 1. The molecule has 1 aromatic rings. The lowest BCUT2D eigenvalue weighted by Crippen LogP contribution is -2.19. The van der Waals surface area contributed by atoms with Crippen LogP contribution in [-0.2, 0) is 6.42 Å². The maximum absolute atomic E-state index is 5.73. The van der Waals surface area contributed by atoms with Crippen molar-refractivity contribution < 1.29 is 0 Å². The predicted molar refractivity (Wildman–Crippen MR) is 76.4 cm³/mol. The molecular formula is C15H22ClN. The van der Waals surface area contributed by atoms with Crippen molar-refractivity contribution in [2.24, 2.45) is 5.92 Å². The van der Waals surface area contributed by atoms with Crippen molar-refractivity contribution in [3.8, 4) is 0 Å². The van der Waals surface area contributed by atoms with Gasteiger partial charge in [0.05, 0.1) is 0 Å². The van der Waals surface area contributed by atoms with Crippen molar-refractivity contribution in [1.29, 1.82) is 0 Å². The Morgan fingerprint density at radius 1 is 1.24 bits per heavy atom. The van der Waals surface area contributed by atoms with Crippen LogP contribution < -0.4 is 5.32 Å². The Hall–Kier alpha value is -0.790. The number of nitrogens with one attached hydrogen (secondary N) is 1. The van der Waals surface area contributed by atoms with Gasteiger partial charge in [0, 0.05) is 17.6 Å². The van der Waals surface area contributed by atoms with E-state index in [2.05, 4.69) is 56.9 Å². The SMILES string of the molecule is C=C(Cl)CNC(C)c1ccc(CC(C)C)cc1. The lowest BCUT2D eigenvalue weighted by atomic mass is 10.00. The Kier molecular flexibility index (Phi) is 5.73. The van der Waals surface area contributed by atoms with Crippen molar-refractivity contribution in [1.82, 2.24) is 5.32 Å². The summed E-state index contributed by atoms with van der Waals surface area (Å²) in [4.78, 5) is 0. The van der Waals surface area contributed by atoms with E-state index in [-0.39, 0.29) is 0 Å². The topological polar surface area (TPSA) is 12.0 Å². The van der Waals surface area contributed by atoms with Gasteiger partial charge in [0.25, 0.3) is 0 Å². The maximum Gasteiger partial charge on any atom is 0.0313 e. The Labute approximate surface area is 110 Å². The zero-order chi connectivity index (χ0) is 12.8. The molecule has 1 N–H and O–H groups in total. The summed E-state index contributed by atoms with van der Waals surface area (Å²) in [5.41, 5.74) is 2.69. The number of rotatable bonds is 6. The Morgan fingerprint density at radius 2 is 1.82 bits per heavy atom.